The van der Waals surface area contributed by atoms with Gasteiger partial charge in [0.15, 0.2) is 0 Å². The summed E-state index contributed by atoms with van der Waals surface area (Å²) >= 11 is 5.90. The zero-order valence-electron chi connectivity index (χ0n) is 11.9. The van der Waals surface area contributed by atoms with Gasteiger partial charge in [0.05, 0.1) is 5.92 Å². The van der Waals surface area contributed by atoms with Crippen LogP contribution in [-0.4, -0.2) is 43.5 Å². The average molecular weight is 296 g/mol. The molecule has 1 heterocycles. The number of hydrogen-bond acceptors (Lipinski definition) is 3. The Hall–Kier alpha value is -1.26. The van der Waals surface area contributed by atoms with E-state index in [0.29, 0.717) is 6.54 Å². The molecule has 0 saturated carbocycles. The molecular weight excluding hydrogens is 274 g/mol. The Morgan fingerprint density at radius 1 is 1.25 bits per heavy atom. The summed E-state index contributed by atoms with van der Waals surface area (Å²) in [6, 6.07) is 7.84. The van der Waals surface area contributed by atoms with Crippen LogP contribution in [0.3, 0.4) is 0 Å². The van der Waals surface area contributed by atoms with Crippen molar-refractivity contribution in [3.8, 4) is 0 Å². The van der Waals surface area contributed by atoms with Crippen molar-refractivity contribution in [2.75, 3.05) is 37.6 Å². The Labute approximate surface area is 125 Å². The molecule has 1 amide bonds. The lowest BCUT2D eigenvalue weighted by molar-refractivity contribution is -0.135. The fraction of sp³-hybridized carbons (Fsp3) is 0.533. The topological polar surface area (TPSA) is 49.6 Å². The molecule has 110 valence electrons. The van der Waals surface area contributed by atoms with Crippen LogP contribution in [0, 0.1) is 5.92 Å². The first-order valence-corrected chi connectivity index (χ1v) is 7.53. The van der Waals surface area contributed by atoms with Gasteiger partial charge in [0.1, 0.15) is 0 Å². The Balaban J connectivity index is 1.92. The van der Waals surface area contributed by atoms with Crippen molar-refractivity contribution in [1.29, 1.82) is 0 Å². The van der Waals surface area contributed by atoms with Gasteiger partial charge in [0, 0.05) is 43.4 Å². The largest absolute Gasteiger partial charge is 0.368 e. The van der Waals surface area contributed by atoms with E-state index in [1.54, 1.807) is 0 Å². The summed E-state index contributed by atoms with van der Waals surface area (Å²) in [6.07, 6.45) is 0.812. The number of rotatable bonds is 4. The molecule has 5 heteroatoms. The molecule has 1 aromatic carbocycles. The number of anilines is 1. The molecule has 1 aromatic rings. The number of amides is 1. The molecule has 4 nitrogen and oxygen atoms in total. The summed E-state index contributed by atoms with van der Waals surface area (Å²) < 4.78 is 0. The Morgan fingerprint density at radius 3 is 2.35 bits per heavy atom. The summed E-state index contributed by atoms with van der Waals surface area (Å²) in [4.78, 5) is 16.5. The van der Waals surface area contributed by atoms with Gasteiger partial charge in [-0.25, -0.2) is 0 Å². The quantitative estimate of drug-likeness (QED) is 0.924. The van der Waals surface area contributed by atoms with E-state index in [-0.39, 0.29) is 11.8 Å². The smallest absolute Gasteiger partial charge is 0.227 e. The first-order valence-electron chi connectivity index (χ1n) is 7.15. The molecule has 1 unspecified atom stereocenters. The van der Waals surface area contributed by atoms with Gasteiger partial charge in [-0.05, 0) is 30.7 Å². The van der Waals surface area contributed by atoms with Crippen molar-refractivity contribution < 1.29 is 4.79 Å². The first kappa shape index (κ1) is 15.1. The SMILES string of the molecule is CCC(CN)C(=O)N1CCN(c2ccc(Cl)cc2)CC1. The van der Waals surface area contributed by atoms with Crippen molar-refractivity contribution in [2.24, 2.45) is 11.7 Å². The number of carbonyl (C=O) groups excluding carboxylic acids is 1. The van der Waals surface area contributed by atoms with Crippen LogP contribution >= 0.6 is 11.6 Å². The van der Waals surface area contributed by atoms with Crippen LogP contribution < -0.4 is 10.6 Å². The third-order valence-corrected chi connectivity index (χ3v) is 4.16. The summed E-state index contributed by atoms with van der Waals surface area (Å²) in [5.41, 5.74) is 6.81. The number of piperazine rings is 1. The van der Waals surface area contributed by atoms with E-state index in [2.05, 4.69) is 4.90 Å². The number of carbonyl (C=O) groups is 1. The summed E-state index contributed by atoms with van der Waals surface area (Å²) in [5.74, 6) is 0.169. The maximum absolute atomic E-state index is 12.3. The minimum atomic E-state index is -0.0305. The lowest BCUT2D eigenvalue weighted by Crippen LogP contribution is -2.51. The van der Waals surface area contributed by atoms with Gasteiger partial charge < -0.3 is 15.5 Å². The van der Waals surface area contributed by atoms with Gasteiger partial charge in [-0.1, -0.05) is 18.5 Å². The van der Waals surface area contributed by atoms with Crippen LogP contribution in [0.2, 0.25) is 5.02 Å². The monoisotopic (exact) mass is 295 g/mol. The lowest BCUT2D eigenvalue weighted by atomic mass is 10.0. The van der Waals surface area contributed by atoms with Gasteiger partial charge >= 0.3 is 0 Å². The van der Waals surface area contributed by atoms with Crippen molar-refractivity contribution >= 4 is 23.2 Å². The van der Waals surface area contributed by atoms with Crippen LogP contribution in [0.4, 0.5) is 5.69 Å². The van der Waals surface area contributed by atoms with Gasteiger partial charge in [-0.15, -0.1) is 0 Å². The predicted molar refractivity (Wildman–Crippen MR) is 83.1 cm³/mol. The molecule has 0 aromatic heterocycles. The highest BCUT2D eigenvalue weighted by Gasteiger charge is 2.25. The molecule has 1 aliphatic rings. The minimum absolute atomic E-state index is 0.0305. The molecule has 1 fully saturated rings. The second-order valence-corrected chi connectivity index (χ2v) is 5.57. The second kappa shape index (κ2) is 6.95. The van der Waals surface area contributed by atoms with Crippen LogP contribution in [0.5, 0.6) is 0 Å². The van der Waals surface area contributed by atoms with E-state index in [9.17, 15) is 4.79 Å². The zero-order valence-corrected chi connectivity index (χ0v) is 12.6. The molecule has 2 rings (SSSR count). The highest BCUT2D eigenvalue weighted by Crippen LogP contribution is 2.20. The van der Waals surface area contributed by atoms with E-state index < -0.39 is 0 Å². The molecule has 0 spiro atoms. The average Bonchev–Trinajstić information content (AvgIpc) is 2.49. The lowest BCUT2D eigenvalue weighted by Gasteiger charge is -2.37. The van der Waals surface area contributed by atoms with Gasteiger partial charge in [-0.3, -0.25) is 4.79 Å². The van der Waals surface area contributed by atoms with E-state index in [1.165, 1.54) is 0 Å². The third-order valence-electron chi connectivity index (χ3n) is 3.91. The van der Waals surface area contributed by atoms with E-state index in [0.717, 1.165) is 43.3 Å². The third kappa shape index (κ3) is 3.44. The number of nitrogens with two attached hydrogens (primary N) is 1. The maximum atomic E-state index is 12.3. The standard InChI is InChI=1S/C15H22ClN3O/c1-2-12(11-17)15(20)19-9-7-18(8-10-19)14-5-3-13(16)4-6-14/h3-6,12H,2,7-11,17H2,1H3. The normalized spacial score (nSPS) is 17.1. The van der Waals surface area contributed by atoms with Crippen LogP contribution in [-0.2, 0) is 4.79 Å². The number of nitrogens with zero attached hydrogens (tertiary/aromatic N) is 2. The number of halogens is 1. The Kier molecular flexibility index (Phi) is 5.26. The molecular formula is C15H22ClN3O. The molecule has 2 N–H and O–H groups in total. The fourth-order valence-electron chi connectivity index (χ4n) is 2.54. The van der Waals surface area contributed by atoms with Crippen LogP contribution in [0.15, 0.2) is 24.3 Å². The summed E-state index contributed by atoms with van der Waals surface area (Å²) in [6.45, 7) is 5.69. The first-order chi connectivity index (χ1) is 9.65. The van der Waals surface area contributed by atoms with Crippen molar-refractivity contribution in [3.05, 3.63) is 29.3 Å². The predicted octanol–water partition coefficient (Wildman–Crippen LogP) is 1.97. The Morgan fingerprint density at radius 2 is 1.85 bits per heavy atom. The highest BCUT2D eigenvalue weighted by atomic mass is 35.5. The van der Waals surface area contributed by atoms with Crippen LogP contribution in [0.25, 0.3) is 0 Å². The Bertz CT molecular complexity index is 437. The fourth-order valence-corrected chi connectivity index (χ4v) is 2.66. The minimum Gasteiger partial charge on any atom is -0.368 e. The number of benzene rings is 1. The van der Waals surface area contributed by atoms with Gasteiger partial charge in [0.25, 0.3) is 0 Å². The molecule has 0 aliphatic carbocycles. The summed E-state index contributed by atoms with van der Waals surface area (Å²) in [7, 11) is 0. The molecule has 1 saturated heterocycles. The van der Waals surface area contributed by atoms with Crippen molar-refractivity contribution in [2.45, 2.75) is 13.3 Å². The van der Waals surface area contributed by atoms with Crippen molar-refractivity contribution in [3.63, 3.8) is 0 Å². The molecule has 20 heavy (non-hydrogen) atoms. The summed E-state index contributed by atoms with van der Waals surface area (Å²) in [5, 5.41) is 0.747. The molecule has 1 aliphatic heterocycles. The second-order valence-electron chi connectivity index (χ2n) is 5.13. The van der Waals surface area contributed by atoms with Crippen LogP contribution in [0.1, 0.15) is 13.3 Å². The molecule has 0 bridgehead atoms. The van der Waals surface area contributed by atoms with E-state index in [4.69, 9.17) is 17.3 Å². The zero-order chi connectivity index (χ0) is 14.5. The van der Waals surface area contributed by atoms with E-state index in [1.807, 2.05) is 36.1 Å². The number of hydrogen-bond donors (Lipinski definition) is 1. The van der Waals surface area contributed by atoms with Gasteiger partial charge in [0.2, 0.25) is 5.91 Å². The molecule has 1 atom stereocenters. The maximum Gasteiger partial charge on any atom is 0.227 e. The molecule has 0 radical (unpaired) electrons. The highest BCUT2D eigenvalue weighted by molar-refractivity contribution is 6.30. The van der Waals surface area contributed by atoms with Gasteiger partial charge in [-0.2, -0.15) is 0 Å². The van der Waals surface area contributed by atoms with Crippen molar-refractivity contribution in [1.82, 2.24) is 4.90 Å². The van der Waals surface area contributed by atoms with E-state index >= 15 is 0 Å².